The van der Waals surface area contributed by atoms with E-state index in [2.05, 4.69) is 0 Å². The number of ether oxygens (including phenoxy) is 3. The number of carbonyl (C=O) groups is 2. The number of rotatable bonds is 8. The van der Waals surface area contributed by atoms with E-state index in [1.165, 1.54) is 19.1 Å². The third kappa shape index (κ3) is 5.16. The van der Waals surface area contributed by atoms with Gasteiger partial charge in [0.15, 0.2) is 0 Å². The van der Waals surface area contributed by atoms with Gasteiger partial charge in [0.05, 0.1) is 37.6 Å². The van der Waals surface area contributed by atoms with Gasteiger partial charge in [-0.25, -0.2) is 0 Å². The molecule has 8 nitrogen and oxygen atoms in total. The van der Waals surface area contributed by atoms with Gasteiger partial charge in [0.1, 0.15) is 23.0 Å². The Balaban J connectivity index is 1.93. The molecule has 1 N–H and O–H groups in total. The van der Waals surface area contributed by atoms with Crippen LogP contribution in [0.2, 0.25) is 0 Å². The van der Waals surface area contributed by atoms with Crippen LogP contribution in [0.25, 0.3) is 5.76 Å². The van der Waals surface area contributed by atoms with Crippen molar-refractivity contribution in [3.63, 3.8) is 0 Å². The van der Waals surface area contributed by atoms with Gasteiger partial charge in [-0.1, -0.05) is 24.3 Å². The minimum atomic E-state index is -0.891. The van der Waals surface area contributed by atoms with Gasteiger partial charge in [0.2, 0.25) is 0 Å². The Labute approximate surface area is 222 Å². The van der Waals surface area contributed by atoms with Crippen LogP contribution in [0.15, 0.2) is 72.3 Å². The number of nitrogens with zero attached hydrogens (tertiary/aromatic N) is 2. The van der Waals surface area contributed by atoms with E-state index in [0.717, 1.165) is 5.69 Å². The van der Waals surface area contributed by atoms with Gasteiger partial charge in [-0.3, -0.25) is 14.5 Å². The van der Waals surface area contributed by atoms with E-state index in [-0.39, 0.29) is 17.4 Å². The highest BCUT2D eigenvalue weighted by Crippen LogP contribution is 2.44. The number of Topliss-reactive ketones (excluding diaryl/α,β-unsaturated/α-hetero) is 1. The molecule has 1 saturated heterocycles. The van der Waals surface area contributed by atoms with Crippen LogP contribution in [0.5, 0.6) is 17.2 Å². The van der Waals surface area contributed by atoms with E-state index in [0.29, 0.717) is 34.1 Å². The van der Waals surface area contributed by atoms with E-state index < -0.39 is 17.7 Å². The Kier molecular flexibility index (Phi) is 7.62. The highest BCUT2D eigenvalue weighted by atomic mass is 16.5. The smallest absolute Gasteiger partial charge is 0.300 e. The first-order valence-corrected chi connectivity index (χ1v) is 12.2. The second-order valence-corrected chi connectivity index (χ2v) is 9.42. The Morgan fingerprint density at radius 2 is 1.53 bits per heavy atom. The normalized spacial score (nSPS) is 16.6. The van der Waals surface area contributed by atoms with Crippen molar-refractivity contribution in [1.29, 1.82) is 0 Å². The molecule has 1 unspecified atom stereocenters. The summed E-state index contributed by atoms with van der Waals surface area (Å²) in [4.78, 5) is 30.4. The Morgan fingerprint density at radius 3 is 2.08 bits per heavy atom. The van der Waals surface area contributed by atoms with Crippen LogP contribution in [-0.2, 0) is 9.59 Å². The molecule has 0 aromatic heterocycles. The fourth-order valence-corrected chi connectivity index (χ4v) is 4.44. The summed E-state index contributed by atoms with van der Waals surface area (Å²) in [6.07, 6.45) is -0.0729. The predicted octanol–water partition coefficient (Wildman–Crippen LogP) is 5.18. The molecule has 38 heavy (non-hydrogen) atoms. The quantitative estimate of drug-likeness (QED) is 0.251. The van der Waals surface area contributed by atoms with Crippen molar-refractivity contribution >= 4 is 28.8 Å². The predicted molar refractivity (Wildman–Crippen MR) is 147 cm³/mol. The number of hydrogen-bond acceptors (Lipinski definition) is 7. The standard InChI is InChI=1S/C30H32N2O6/c1-18(2)38-23-9-7-8-20(14-23)28(33)26-27(19-10-12-21(13-11-19)31(3)4)32(30(35)29(26)34)22-15-24(36-5)17-25(16-22)37-6/h7-18,27,33H,1-6H3/b28-26+. The maximum Gasteiger partial charge on any atom is 0.300 e. The summed E-state index contributed by atoms with van der Waals surface area (Å²) >= 11 is 0. The molecule has 1 atom stereocenters. The Hall–Kier alpha value is -4.46. The lowest BCUT2D eigenvalue weighted by molar-refractivity contribution is -0.132. The molecule has 1 amide bonds. The van der Waals surface area contributed by atoms with Crippen LogP contribution in [0.4, 0.5) is 11.4 Å². The molecule has 0 bridgehead atoms. The highest BCUT2D eigenvalue weighted by Gasteiger charge is 2.47. The zero-order valence-electron chi connectivity index (χ0n) is 22.4. The molecule has 1 aliphatic rings. The third-order valence-corrected chi connectivity index (χ3v) is 6.26. The lowest BCUT2D eigenvalue weighted by atomic mass is 9.94. The van der Waals surface area contributed by atoms with Crippen molar-refractivity contribution in [2.45, 2.75) is 26.0 Å². The van der Waals surface area contributed by atoms with Gasteiger partial charge in [-0.2, -0.15) is 0 Å². The fourth-order valence-electron chi connectivity index (χ4n) is 4.44. The summed E-state index contributed by atoms with van der Waals surface area (Å²) in [6, 6.07) is 18.4. The van der Waals surface area contributed by atoms with Gasteiger partial charge < -0.3 is 24.2 Å². The summed E-state index contributed by atoms with van der Waals surface area (Å²) in [5.74, 6) is -0.374. The van der Waals surface area contributed by atoms with Gasteiger partial charge in [0, 0.05) is 43.5 Å². The molecule has 3 aromatic rings. The van der Waals surface area contributed by atoms with Crippen molar-refractivity contribution in [3.8, 4) is 17.2 Å². The van der Waals surface area contributed by atoms with Gasteiger partial charge in [0.25, 0.3) is 11.7 Å². The molecule has 1 heterocycles. The molecular formula is C30H32N2O6. The number of anilines is 2. The summed E-state index contributed by atoms with van der Waals surface area (Å²) in [5.41, 5.74) is 2.37. The molecule has 1 aliphatic heterocycles. The molecule has 0 spiro atoms. The second kappa shape index (κ2) is 10.9. The summed E-state index contributed by atoms with van der Waals surface area (Å²) < 4.78 is 16.6. The largest absolute Gasteiger partial charge is 0.507 e. The second-order valence-electron chi connectivity index (χ2n) is 9.42. The summed E-state index contributed by atoms with van der Waals surface area (Å²) in [6.45, 7) is 3.80. The number of hydrogen-bond donors (Lipinski definition) is 1. The first kappa shape index (κ1) is 26.6. The van der Waals surface area contributed by atoms with Crippen LogP contribution in [0, 0.1) is 0 Å². The Bertz CT molecular complexity index is 1360. The molecule has 198 valence electrons. The molecule has 3 aromatic carbocycles. The number of methoxy groups -OCH3 is 2. The van der Waals surface area contributed by atoms with Crippen LogP contribution < -0.4 is 24.0 Å². The van der Waals surface area contributed by atoms with E-state index in [9.17, 15) is 14.7 Å². The van der Waals surface area contributed by atoms with Crippen LogP contribution in [-0.4, -0.2) is 51.2 Å². The van der Waals surface area contributed by atoms with Crippen molar-refractivity contribution < 1.29 is 28.9 Å². The topological polar surface area (TPSA) is 88.5 Å². The minimum absolute atomic E-state index is 0.0175. The molecule has 1 fully saturated rings. The number of aliphatic hydroxyl groups excluding tert-OH is 1. The van der Waals surface area contributed by atoms with E-state index in [1.807, 2.05) is 57.1 Å². The molecule has 0 radical (unpaired) electrons. The van der Waals surface area contributed by atoms with Crippen LogP contribution in [0.1, 0.15) is 31.0 Å². The maximum atomic E-state index is 13.5. The van der Waals surface area contributed by atoms with E-state index in [1.54, 1.807) is 42.5 Å². The third-order valence-electron chi connectivity index (χ3n) is 6.26. The lowest BCUT2D eigenvalue weighted by Gasteiger charge is -2.26. The molecule has 0 saturated carbocycles. The Morgan fingerprint density at radius 1 is 0.895 bits per heavy atom. The van der Waals surface area contributed by atoms with E-state index in [4.69, 9.17) is 14.2 Å². The van der Waals surface area contributed by atoms with Gasteiger partial charge >= 0.3 is 0 Å². The number of amides is 1. The van der Waals surface area contributed by atoms with Gasteiger partial charge in [-0.05, 0) is 43.7 Å². The summed E-state index contributed by atoms with van der Waals surface area (Å²) in [7, 11) is 6.87. The first-order chi connectivity index (χ1) is 18.1. The van der Waals surface area contributed by atoms with Gasteiger partial charge in [-0.15, -0.1) is 0 Å². The summed E-state index contributed by atoms with van der Waals surface area (Å²) in [5, 5.41) is 11.5. The van der Waals surface area contributed by atoms with Crippen LogP contribution in [0.3, 0.4) is 0 Å². The maximum absolute atomic E-state index is 13.5. The molecular weight excluding hydrogens is 484 g/mol. The highest BCUT2D eigenvalue weighted by molar-refractivity contribution is 6.51. The average Bonchev–Trinajstić information content (AvgIpc) is 3.17. The SMILES string of the molecule is COc1cc(OC)cc(N2C(=O)C(=O)/C(=C(/O)c3cccc(OC(C)C)c3)C2c2ccc(N(C)C)cc2)c1. The minimum Gasteiger partial charge on any atom is -0.507 e. The lowest BCUT2D eigenvalue weighted by Crippen LogP contribution is -2.29. The van der Waals surface area contributed by atoms with Crippen molar-refractivity contribution in [2.75, 3.05) is 38.1 Å². The number of aliphatic hydroxyl groups is 1. The molecule has 4 rings (SSSR count). The zero-order chi connectivity index (χ0) is 27.6. The van der Waals surface area contributed by atoms with E-state index >= 15 is 0 Å². The van der Waals surface area contributed by atoms with Crippen molar-refractivity contribution in [3.05, 3.63) is 83.4 Å². The monoisotopic (exact) mass is 516 g/mol. The average molecular weight is 517 g/mol. The molecule has 8 heteroatoms. The zero-order valence-corrected chi connectivity index (χ0v) is 22.4. The molecule has 0 aliphatic carbocycles. The van der Waals surface area contributed by atoms with Crippen LogP contribution >= 0.6 is 0 Å². The number of ketones is 1. The van der Waals surface area contributed by atoms with Crippen molar-refractivity contribution in [2.24, 2.45) is 0 Å². The fraction of sp³-hybridized carbons (Fsp3) is 0.267. The number of carbonyl (C=O) groups excluding carboxylic acids is 2. The number of benzene rings is 3. The first-order valence-electron chi connectivity index (χ1n) is 12.2. The van der Waals surface area contributed by atoms with Crippen molar-refractivity contribution in [1.82, 2.24) is 0 Å².